The molecule has 1 saturated heterocycles. The maximum atomic E-state index is 13.6. The molecule has 2 fully saturated rings. The number of carbonyl (C=O) groups excluding carboxylic acids is 1. The van der Waals surface area contributed by atoms with Crippen LogP contribution in [0.3, 0.4) is 0 Å². The van der Waals surface area contributed by atoms with Gasteiger partial charge < -0.3 is 10.6 Å². The van der Waals surface area contributed by atoms with Gasteiger partial charge in [0.15, 0.2) is 0 Å². The minimum absolute atomic E-state index is 0.0133. The predicted molar refractivity (Wildman–Crippen MR) is 66.6 cm³/mol. The van der Waals surface area contributed by atoms with Crippen molar-refractivity contribution in [3.63, 3.8) is 0 Å². The molecular formula is C14H16F2N2O. The first-order chi connectivity index (χ1) is 9.15. The summed E-state index contributed by atoms with van der Waals surface area (Å²) in [7, 11) is 0. The highest BCUT2D eigenvalue weighted by Crippen LogP contribution is 2.48. The molecule has 1 amide bonds. The average molecular weight is 266 g/mol. The van der Waals surface area contributed by atoms with E-state index in [9.17, 15) is 13.6 Å². The van der Waals surface area contributed by atoms with Gasteiger partial charge in [-0.2, -0.15) is 0 Å². The third kappa shape index (κ3) is 2.61. The van der Waals surface area contributed by atoms with Crippen LogP contribution in [0.1, 0.15) is 17.9 Å². The summed E-state index contributed by atoms with van der Waals surface area (Å²) in [4.78, 5) is 11.9. The molecule has 2 N–H and O–H groups in total. The first kappa shape index (κ1) is 12.5. The standard InChI is InChI=1S/C14H16F2N2O/c15-9-1-2-10(13(16)3-9)11-4-12(11)14(19)18-7-8-5-17-6-8/h1-3,8,11-12,17H,4-7H2,(H,18,19). The topological polar surface area (TPSA) is 41.1 Å². The zero-order valence-corrected chi connectivity index (χ0v) is 10.5. The van der Waals surface area contributed by atoms with E-state index in [1.807, 2.05) is 0 Å². The van der Waals surface area contributed by atoms with Crippen molar-refractivity contribution >= 4 is 5.91 Å². The summed E-state index contributed by atoms with van der Waals surface area (Å²) in [6.45, 7) is 2.57. The van der Waals surface area contributed by atoms with Crippen molar-refractivity contribution in [3.05, 3.63) is 35.4 Å². The third-order valence-corrected chi connectivity index (χ3v) is 3.92. The van der Waals surface area contributed by atoms with Gasteiger partial charge in [0.2, 0.25) is 5.91 Å². The van der Waals surface area contributed by atoms with Crippen LogP contribution in [-0.2, 0) is 4.79 Å². The molecule has 3 rings (SSSR count). The first-order valence-electron chi connectivity index (χ1n) is 6.58. The normalized spacial score (nSPS) is 25.8. The fraction of sp³-hybridized carbons (Fsp3) is 0.500. The van der Waals surface area contributed by atoms with Crippen molar-refractivity contribution in [1.29, 1.82) is 0 Å². The maximum Gasteiger partial charge on any atom is 0.223 e. The molecule has 0 spiro atoms. The number of nitrogens with one attached hydrogen (secondary N) is 2. The van der Waals surface area contributed by atoms with Crippen LogP contribution in [0.25, 0.3) is 0 Å². The van der Waals surface area contributed by atoms with E-state index in [0.717, 1.165) is 19.2 Å². The van der Waals surface area contributed by atoms with Gasteiger partial charge in [0.1, 0.15) is 11.6 Å². The van der Waals surface area contributed by atoms with Crippen LogP contribution in [0.4, 0.5) is 8.78 Å². The summed E-state index contributed by atoms with van der Waals surface area (Å²) in [5.74, 6) is -0.888. The van der Waals surface area contributed by atoms with E-state index in [-0.39, 0.29) is 17.7 Å². The Bertz CT molecular complexity index is 502. The zero-order valence-electron chi connectivity index (χ0n) is 10.5. The third-order valence-electron chi connectivity index (χ3n) is 3.92. The molecule has 1 saturated carbocycles. The number of halogens is 2. The Morgan fingerprint density at radius 3 is 2.79 bits per heavy atom. The van der Waals surface area contributed by atoms with Gasteiger partial charge in [-0.25, -0.2) is 8.78 Å². The predicted octanol–water partition coefficient (Wildman–Crippen LogP) is 1.40. The molecule has 5 heteroatoms. The molecule has 2 aliphatic rings. The van der Waals surface area contributed by atoms with E-state index in [2.05, 4.69) is 10.6 Å². The summed E-state index contributed by atoms with van der Waals surface area (Å²) < 4.78 is 26.4. The zero-order chi connectivity index (χ0) is 13.4. The van der Waals surface area contributed by atoms with Gasteiger partial charge in [0.05, 0.1) is 0 Å². The second kappa shape index (κ2) is 4.89. The molecule has 1 heterocycles. The highest BCUT2D eigenvalue weighted by molar-refractivity contribution is 5.82. The molecule has 1 aromatic carbocycles. The van der Waals surface area contributed by atoms with Crippen LogP contribution < -0.4 is 10.6 Å². The second-order valence-corrected chi connectivity index (χ2v) is 5.38. The van der Waals surface area contributed by atoms with Crippen LogP contribution in [0.2, 0.25) is 0 Å². The average Bonchev–Trinajstić information content (AvgIpc) is 3.06. The van der Waals surface area contributed by atoms with E-state index >= 15 is 0 Å². The fourth-order valence-electron chi connectivity index (χ4n) is 2.50. The summed E-state index contributed by atoms with van der Waals surface area (Å²) in [6, 6.07) is 3.56. The second-order valence-electron chi connectivity index (χ2n) is 5.38. The molecule has 0 aromatic heterocycles. The first-order valence-corrected chi connectivity index (χ1v) is 6.58. The molecule has 19 heavy (non-hydrogen) atoms. The summed E-state index contributed by atoms with van der Waals surface area (Å²) in [5.41, 5.74) is 0.451. The summed E-state index contributed by atoms with van der Waals surface area (Å²) in [6.07, 6.45) is 0.650. The molecule has 102 valence electrons. The van der Waals surface area contributed by atoms with E-state index < -0.39 is 11.6 Å². The SMILES string of the molecule is O=C(NCC1CNC1)C1CC1c1ccc(F)cc1F. The molecule has 3 nitrogen and oxygen atoms in total. The maximum absolute atomic E-state index is 13.6. The number of rotatable bonds is 4. The van der Waals surface area contributed by atoms with E-state index in [0.29, 0.717) is 24.4 Å². The van der Waals surface area contributed by atoms with Crippen LogP contribution in [0.15, 0.2) is 18.2 Å². The smallest absolute Gasteiger partial charge is 0.223 e. The number of hydrogen-bond donors (Lipinski definition) is 2. The minimum Gasteiger partial charge on any atom is -0.355 e. The van der Waals surface area contributed by atoms with Gasteiger partial charge in [0, 0.05) is 37.5 Å². The lowest BCUT2D eigenvalue weighted by molar-refractivity contribution is -0.122. The lowest BCUT2D eigenvalue weighted by Gasteiger charge is -2.27. The molecule has 2 atom stereocenters. The van der Waals surface area contributed by atoms with Gasteiger partial charge in [-0.1, -0.05) is 6.07 Å². The Morgan fingerprint density at radius 2 is 2.16 bits per heavy atom. The fourth-order valence-corrected chi connectivity index (χ4v) is 2.50. The van der Waals surface area contributed by atoms with Gasteiger partial charge in [-0.3, -0.25) is 4.79 Å². The number of amides is 1. The van der Waals surface area contributed by atoms with Gasteiger partial charge in [0.25, 0.3) is 0 Å². The van der Waals surface area contributed by atoms with E-state index in [4.69, 9.17) is 0 Å². The number of benzene rings is 1. The number of hydrogen-bond acceptors (Lipinski definition) is 2. The van der Waals surface area contributed by atoms with Gasteiger partial charge in [-0.15, -0.1) is 0 Å². The van der Waals surface area contributed by atoms with Crippen molar-refractivity contribution < 1.29 is 13.6 Å². The Hall–Kier alpha value is -1.49. The van der Waals surface area contributed by atoms with Crippen molar-refractivity contribution in [1.82, 2.24) is 10.6 Å². The van der Waals surface area contributed by atoms with Crippen molar-refractivity contribution in [2.45, 2.75) is 12.3 Å². The van der Waals surface area contributed by atoms with Crippen molar-refractivity contribution in [2.24, 2.45) is 11.8 Å². The molecule has 0 bridgehead atoms. The molecule has 2 unspecified atom stereocenters. The highest BCUT2D eigenvalue weighted by Gasteiger charge is 2.45. The van der Waals surface area contributed by atoms with Crippen molar-refractivity contribution in [3.8, 4) is 0 Å². The van der Waals surface area contributed by atoms with Crippen molar-refractivity contribution in [2.75, 3.05) is 19.6 Å². The van der Waals surface area contributed by atoms with Crippen LogP contribution >= 0.6 is 0 Å². The minimum atomic E-state index is -0.583. The van der Waals surface area contributed by atoms with Crippen LogP contribution in [0.5, 0.6) is 0 Å². The Balaban J connectivity index is 1.55. The molecular weight excluding hydrogens is 250 g/mol. The molecule has 1 aliphatic heterocycles. The highest BCUT2D eigenvalue weighted by atomic mass is 19.1. The van der Waals surface area contributed by atoms with Gasteiger partial charge in [-0.05, 0) is 24.0 Å². The number of carbonyl (C=O) groups is 1. The quantitative estimate of drug-likeness (QED) is 0.865. The van der Waals surface area contributed by atoms with Crippen LogP contribution in [0, 0.1) is 23.5 Å². The lowest BCUT2D eigenvalue weighted by Crippen LogP contribution is -2.48. The summed E-state index contributed by atoms with van der Waals surface area (Å²) in [5, 5.41) is 6.04. The molecule has 1 aliphatic carbocycles. The molecule has 1 aromatic rings. The van der Waals surface area contributed by atoms with Crippen LogP contribution in [-0.4, -0.2) is 25.5 Å². The monoisotopic (exact) mass is 266 g/mol. The summed E-state index contributed by atoms with van der Waals surface area (Å²) >= 11 is 0. The molecule has 0 radical (unpaired) electrons. The lowest BCUT2D eigenvalue weighted by atomic mass is 10.0. The Morgan fingerprint density at radius 1 is 1.37 bits per heavy atom. The van der Waals surface area contributed by atoms with Gasteiger partial charge >= 0.3 is 0 Å². The van der Waals surface area contributed by atoms with E-state index in [1.165, 1.54) is 12.1 Å². The Labute approximate surface area is 110 Å². The Kier molecular flexibility index (Phi) is 3.22. The largest absolute Gasteiger partial charge is 0.355 e. The van der Waals surface area contributed by atoms with E-state index in [1.54, 1.807) is 0 Å².